The van der Waals surface area contributed by atoms with Crippen LogP contribution in [-0.2, 0) is 0 Å². The molecule has 0 spiro atoms. The molecule has 5 heteroatoms. The molecule has 5 nitrogen and oxygen atoms in total. The van der Waals surface area contributed by atoms with E-state index in [9.17, 15) is 10.1 Å². The number of hydrogen-bond donors (Lipinski definition) is 0. The fourth-order valence-corrected chi connectivity index (χ4v) is 4.96. The van der Waals surface area contributed by atoms with Gasteiger partial charge in [-0.05, 0) is 32.9 Å². The minimum absolute atomic E-state index is 0.0607. The van der Waals surface area contributed by atoms with Crippen LogP contribution in [0.15, 0.2) is 0 Å². The third-order valence-electron chi connectivity index (χ3n) is 6.47. The Kier molecular flexibility index (Phi) is 9.34. The molecule has 152 valence electrons. The molecule has 0 amide bonds. The van der Waals surface area contributed by atoms with Gasteiger partial charge < -0.3 is 0 Å². The summed E-state index contributed by atoms with van der Waals surface area (Å²) in [5.74, 6) is 0. The standard InChI is InChI=1S/C21H41N3O2/c1-3-4-5-6-7-8-9-10-12-15-21(24(25)26)18-22(2)17-20-14-11-13-16-23(20)19-21/h20H,3-19H2,1-2H3. The van der Waals surface area contributed by atoms with E-state index in [0.29, 0.717) is 19.1 Å². The van der Waals surface area contributed by atoms with Crippen molar-refractivity contribution in [2.45, 2.75) is 102 Å². The van der Waals surface area contributed by atoms with Gasteiger partial charge in [0.25, 0.3) is 0 Å². The SMILES string of the molecule is CCCCCCCCCCCC1([N+](=O)[O-])CN(C)CC2CCCCN2C1. The highest BCUT2D eigenvalue weighted by molar-refractivity contribution is 4.94. The molecule has 2 aliphatic rings. The molecule has 0 aromatic heterocycles. The lowest BCUT2D eigenvalue weighted by molar-refractivity contribution is -0.571. The van der Waals surface area contributed by atoms with Crippen LogP contribution in [0, 0.1) is 10.1 Å². The summed E-state index contributed by atoms with van der Waals surface area (Å²) in [6.07, 6.45) is 15.8. The monoisotopic (exact) mass is 367 g/mol. The Morgan fingerprint density at radius 2 is 1.65 bits per heavy atom. The van der Waals surface area contributed by atoms with Crippen LogP contribution in [0.4, 0.5) is 0 Å². The van der Waals surface area contributed by atoms with Gasteiger partial charge in [0, 0.05) is 23.9 Å². The van der Waals surface area contributed by atoms with Crippen LogP contribution in [0.3, 0.4) is 0 Å². The van der Waals surface area contributed by atoms with E-state index < -0.39 is 5.54 Å². The van der Waals surface area contributed by atoms with Gasteiger partial charge in [0.1, 0.15) is 0 Å². The van der Waals surface area contributed by atoms with Crippen molar-refractivity contribution < 1.29 is 4.92 Å². The minimum atomic E-state index is -0.762. The zero-order valence-corrected chi connectivity index (χ0v) is 17.3. The molecule has 2 rings (SSSR count). The Morgan fingerprint density at radius 1 is 1.00 bits per heavy atom. The number of fused-ring (bicyclic) bond motifs is 1. The fraction of sp³-hybridized carbons (Fsp3) is 1.00. The predicted octanol–water partition coefficient (Wildman–Crippen LogP) is 4.72. The number of nitrogens with zero attached hydrogens (tertiary/aromatic N) is 3. The second kappa shape index (κ2) is 11.2. The van der Waals surface area contributed by atoms with Gasteiger partial charge >= 0.3 is 0 Å². The van der Waals surface area contributed by atoms with Crippen molar-refractivity contribution in [1.29, 1.82) is 0 Å². The average molecular weight is 368 g/mol. The maximum Gasteiger partial charge on any atom is 0.247 e. The van der Waals surface area contributed by atoms with Gasteiger partial charge in [-0.25, -0.2) is 0 Å². The Bertz CT molecular complexity index is 418. The van der Waals surface area contributed by atoms with E-state index in [-0.39, 0.29) is 4.92 Å². The molecule has 0 N–H and O–H groups in total. The van der Waals surface area contributed by atoms with Crippen molar-refractivity contribution >= 4 is 0 Å². The van der Waals surface area contributed by atoms with Crippen LogP contribution < -0.4 is 0 Å². The molecule has 2 aliphatic heterocycles. The summed E-state index contributed by atoms with van der Waals surface area (Å²) in [6.45, 7) is 5.57. The van der Waals surface area contributed by atoms with E-state index in [1.54, 1.807) is 0 Å². The molecule has 0 radical (unpaired) electrons. The van der Waals surface area contributed by atoms with Gasteiger partial charge in [0.15, 0.2) is 0 Å². The molecular weight excluding hydrogens is 326 g/mol. The van der Waals surface area contributed by atoms with Crippen molar-refractivity contribution in [3.63, 3.8) is 0 Å². The first kappa shape index (κ1) is 21.6. The lowest BCUT2D eigenvalue weighted by atomic mass is 9.90. The van der Waals surface area contributed by atoms with Gasteiger partial charge in [0.05, 0.1) is 13.1 Å². The lowest BCUT2D eigenvalue weighted by Crippen LogP contribution is -2.53. The quantitative estimate of drug-likeness (QED) is 0.301. The number of rotatable bonds is 11. The van der Waals surface area contributed by atoms with E-state index >= 15 is 0 Å². The molecule has 0 aromatic carbocycles. The second-order valence-corrected chi connectivity index (χ2v) is 8.88. The summed E-state index contributed by atoms with van der Waals surface area (Å²) in [5, 5.41) is 12.1. The highest BCUT2D eigenvalue weighted by Gasteiger charge is 2.48. The fourth-order valence-electron chi connectivity index (χ4n) is 4.96. The molecule has 0 saturated carbocycles. The van der Waals surface area contributed by atoms with E-state index in [1.165, 1.54) is 64.2 Å². The average Bonchev–Trinajstić information content (AvgIpc) is 2.76. The summed E-state index contributed by atoms with van der Waals surface area (Å²) >= 11 is 0. The smallest absolute Gasteiger partial charge is 0.247 e. The molecule has 2 saturated heterocycles. The molecule has 0 aliphatic carbocycles. The van der Waals surface area contributed by atoms with E-state index in [4.69, 9.17) is 0 Å². The summed E-state index contributed by atoms with van der Waals surface area (Å²) < 4.78 is 0. The van der Waals surface area contributed by atoms with Crippen LogP contribution in [0.5, 0.6) is 0 Å². The first-order valence-electron chi connectivity index (χ1n) is 11.1. The first-order valence-corrected chi connectivity index (χ1v) is 11.1. The lowest BCUT2D eigenvalue weighted by Gasteiger charge is -2.36. The molecular formula is C21H41N3O2. The number of hydrogen-bond acceptors (Lipinski definition) is 4. The van der Waals surface area contributed by atoms with Crippen LogP contribution >= 0.6 is 0 Å². The normalized spacial score (nSPS) is 27.8. The van der Waals surface area contributed by atoms with Gasteiger partial charge in [-0.1, -0.05) is 64.7 Å². The Morgan fingerprint density at radius 3 is 2.31 bits per heavy atom. The number of likely N-dealkylation sites (N-methyl/N-ethyl adjacent to an activating group) is 1. The van der Waals surface area contributed by atoms with Crippen molar-refractivity contribution in [2.75, 3.05) is 33.2 Å². The third-order valence-corrected chi connectivity index (χ3v) is 6.47. The summed E-state index contributed by atoms with van der Waals surface area (Å²) in [6, 6.07) is 0.527. The van der Waals surface area contributed by atoms with Gasteiger partial charge in [-0.2, -0.15) is 0 Å². The van der Waals surface area contributed by atoms with Crippen LogP contribution in [0.1, 0.15) is 90.4 Å². The van der Waals surface area contributed by atoms with Crippen LogP contribution in [-0.4, -0.2) is 59.5 Å². The summed E-state index contributed by atoms with van der Waals surface area (Å²) in [7, 11) is 2.08. The minimum Gasteiger partial charge on any atom is -0.298 e. The van der Waals surface area contributed by atoms with Crippen LogP contribution in [0.2, 0.25) is 0 Å². The Labute approximate surface area is 160 Å². The number of unbranched alkanes of at least 4 members (excludes halogenated alkanes) is 8. The van der Waals surface area contributed by atoms with Crippen LogP contribution in [0.25, 0.3) is 0 Å². The van der Waals surface area contributed by atoms with E-state index in [1.807, 2.05) is 0 Å². The van der Waals surface area contributed by atoms with Gasteiger partial charge in [0.2, 0.25) is 5.54 Å². The van der Waals surface area contributed by atoms with E-state index in [0.717, 1.165) is 32.4 Å². The molecule has 26 heavy (non-hydrogen) atoms. The zero-order chi connectivity index (χ0) is 18.8. The van der Waals surface area contributed by atoms with E-state index in [2.05, 4.69) is 23.8 Å². The highest BCUT2D eigenvalue weighted by Crippen LogP contribution is 2.30. The first-order chi connectivity index (χ1) is 12.6. The summed E-state index contributed by atoms with van der Waals surface area (Å²) in [4.78, 5) is 16.8. The maximum atomic E-state index is 12.1. The maximum absolute atomic E-state index is 12.1. The molecule has 0 bridgehead atoms. The van der Waals surface area contributed by atoms with Crippen molar-refractivity contribution in [3.8, 4) is 0 Å². The Balaban J connectivity index is 1.78. The van der Waals surface area contributed by atoms with Crippen molar-refractivity contribution in [3.05, 3.63) is 10.1 Å². The summed E-state index contributed by atoms with van der Waals surface area (Å²) in [5.41, 5.74) is -0.762. The molecule has 2 fully saturated rings. The second-order valence-electron chi connectivity index (χ2n) is 8.88. The van der Waals surface area contributed by atoms with Gasteiger partial charge in [-0.3, -0.25) is 19.9 Å². The third kappa shape index (κ3) is 6.49. The number of piperidine rings is 1. The molecule has 2 atom stereocenters. The number of nitro groups is 1. The Hall–Kier alpha value is -0.680. The molecule has 0 aromatic rings. The predicted molar refractivity (Wildman–Crippen MR) is 108 cm³/mol. The van der Waals surface area contributed by atoms with Gasteiger partial charge in [-0.15, -0.1) is 0 Å². The largest absolute Gasteiger partial charge is 0.298 e. The topological polar surface area (TPSA) is 49.6 Å². The molecule has 2 heterocycles. The molecule has 2 unspecified atom stereocenters. The van der Waals surface area contributed by atoms with Crippen molar-refractivity contribution in [2.24, 2.45) is 0 Å². The van der Waals surface area contributed by atoms with Crippen molar-refractivity contribution in [1.82, 2.24) is 9.80 Å². The zero-order valence-electron chi connectivity index (χ0n) is 17.3. The highest BCUT2D eigenvalue weighted by atomic mass is 16.6.